The summed E-state index contributed by atoms with van der Waals surface area (Å²) in [6.45, 7) is 3.94. The van der Waals surface area contributed by atoms with E-state index in [1.54, 1.807) is 0 Å². The first-order chi connectivity index (χ1) is 6.74. The molecule has 72 valence electrons. The van der Waals surface area contributed by atoms with Crippen LogP contribution in [0.2, 0.25) is 0 Å². The van der Waals surface area contributed by atoms with E-state index < -0.39 is 0 Å². The molecule has 1 aromatic carbocycles. The van der Waals surface area contributed by atoms with Gasteiger partial charge < -0.3 is 4.42 Å². The van der Waals surface area contributed by atoms with Gasteiger partial charge in [0.05, 0.1) is 0 Å². The van der Waals surface area contributed by atoms with Gasteiger partial charge in [0, 0.05) is 10.9 Å². The minimum atomic E-state index is -0.205. The number of fused-ring (bicyclic) bond motifs is 1. The van der Waals surface area contributed by atoms with E-state index in [1.165, 1.54) is 0 Å². The van der Waals surface area contributed by atoms with Crippen LogP contribution in [-0.4, -0.2) is 0 Å². The molecule has 0 aliphatic rings. The first kappa shape index (κ1) is 9.00. The van der Waals surface area contributed by atoms with Gasteiger partial charge in [0.15, 0.2) is 0 Å². The lowest BCUT2D eigenvalue weighted by Gasteiger charge is -2.04. The van der Waals surface area contributed by atoms with Crippen LogP contribution in [-0.2, 0) is 6.42 Å². The maximum absolute atomic E-state index is 11.5. The van der Waals surface area contributed by atoms with Crippen LogP contribution in [0.1, 0.15) is 18.1 Å². The second-order valence-corrected chi connectivity index (χ2v) is 3.34. The Morgan fingerprint density at radius 1 is 1.29 bits per heavy atom. The third kappa shape index (κ3) is 1.23. The topological polar surface area (TPSA) is 30.2 Å². The van der Waals surface area contributed by atoms with Crippen molar-refractivity contribution in [3.63, 3.8) is 0 Å². The Kier molecular flexibility index (Phi) is 2.12. The Labute approximate surface area is 82.2 Å². The molecule has 14 heavy (non-hydrogen) atoms. The van der Waals surface area contributed by atoms with Gasteiger partial charge in [0.25, 0.3) is 0 Å². The summed E-state index contributed by atoms with van der Waals surface area (Å²) in [5.74, 6) is 0. The molecule has 0 atom stereocenters. The maximum atomic E-state index is 11.5. The Balaban J connectivity index is 2.93. The van der Waals surface area contributed by atoms with Gasteiger partial charge in [-0.2, -0.15) is 0 Å². The zero-order valence-corrected chi connectivity index (χ0v) is 8.33. The molecule has 1 aromatic heterocycles. The lowest BCUT2D eigenvalue weighted by Crippen LogP contribution is -2.08. The molecule has 0 spiro atoms. The number of aryl methyl sites for hydroxylation is 1. The summed E-state index contributed by atoms with van der Waals surface area (Å²) < 4.78 is 5.21. The molecule has 0 aliphatic heterocycles. The largest absolute Gasteiger partial charge is 0.423 e. The first-order valence-corrected chi connectivity index (χ1v) is 4.75. The molecular formula is C12H12O2. The van der Waals surface area contributed by atoms with Crippen molar-refractivity contribution in [3.8, 4) is 0 Å². The normalized spacial score (nSPS) is 10.7. The van der Waals surface area contributed by atoms with Crippen LogP contribution >= 0.6 is 0 Å². The second-order valence-electron chi connectivity index (χ2n) is 3.34. The molecule has 0 amide bonds. The highest BCUT2D eigenvalue weighted by molar-refractivity contribution is 5.80. The van der Waals surface area contributed by atoms with Gasteiger partial charge in [0.1, 0.15) is 5.58 Å². The molecule has 0 unspecified atom stereocenters. The van der Waals surface area contributed by atoms with Crippen molar-refractivity contribution in [1.82, 2.24) is 0 Å². The molecule has 0 fully saturated rings. The first-order valence-electron chi connectivity index (χ1n) is 4.75. The highest BCUT2D eigenvalue weighted by Gasteiger charge is 2.07. The quantitative estimate of drug-likeness (QED) is 0.644. The summed E-state index contributed by atoms with van der Waals surface area (Å²) in [5.41, 5.74) is 2.29. The molecule has 2 rings (SSSR count). The van der Waals surface area contributed by atoms with E-state index in [0.717, 1.165) is 22.9 Å². The van der Waals surface area contributed by atoms with Crippen molar-refractivity contribution in [1.29, 1.82) is 0 Å². The molecule has 2 aromatic rings. The van der Waals surface area contributed by atoms with Crippen LogP contribution in [0.15, 0.2) is 33.5 Å². The average Bonchev–Trinajstić information content (AvgIpc) is 2.18. The molecule has 0 bridgehead atoms. The molecule has 2 nitrogen and oxygen atoms in total. The Hall–Kier alpha value is -1.57. The predicted octanol–water partition coefficient (Wildman–Crippen LogP) is 2.66. The SMILES string of the molecule is CCc1c(C)c2ccccc2oc1=O. The van der Waals surface area contributed by atoms with Gasteiger partial charge in [-0.1, -0.05) is 25.1 Å². The van der Waals surface area contributed by atoms with Gasteiger partial charge in [-0.15, -0.1) is 0 Å². The fraction of sp³-hybridized carbons (Fsp3) is 0.250. The van der Waals surface area contributed by atoms with E-state index in [1.807, 2.05) is 38.1 Å². The third-order valence-electron chi connectivity index (χ3n) is 2.55. The van der Waals surface area contributed by atoms with Crippen LogP contribution in [0.4, 0.5) is 0 Å². The molecule has 2 heteroatoms. The van der Waals surface area contributed by atoms with Crippen molar-refractivity contribution in [3.05, 3.63) is 45.8 Å². The summed E-state index contributed by atoms with van der Waals surface area (Å²) in [5, 5.41) is 1.03. The van der Waals surface area contributed by atoms with Crippen molar-refractivity contribution < 1.29 is 4.42 Å². The summed E-state index contributed by atoms with van der Waals surface area (Å²) in [6.07, 6.45) is 0.721. The van der Waals surface area contributed by atoms with E-state index in [0.29, 0.717) is 5.58 Å². The Morgan fingerprint density at radius 3 is 2.71 bits per heavy atom. The van der Waals surface area contributed by atoms with E-state index in [2.05, 4.69) is 0 Å². The van der Waals surface area contributed by atoms with Crippen LogP contribution in [0.5, 0.6) is 0 Å². The van der Waals surface area contributed by atoms with Crippen LogP contribution in [0.25, 0.3) is 11.0 Å². The van der Waals surface area contributed by atoms with E-state index >= 15 is 0 Å². The molecule has 0 N–H and O–H groups in total. The molecule has 0 saturated carbocycles. The fourth-order valence-corrected chi connectivity index (χ4v) is 1.75. The minimum Gasteiger partial charge on any atom is -0.423 e. The number of benzene rings is 1. The zero-order chi connectivity index (χ0) is 10.1. The number of para-hydroxylation sites is 1. The smallest absolute Gasteiger partial charge is 0.339 e. The average molecular weight is 188 g/mol. The standard InChI is InChI=1S/C12H12O2/c1-3-9-8(2)10-6-4-5-7-11(10)14-12(9)13/h4-7H,3H2,1-2H3. The zero-order valence-electron chi connectivity index (χ0n) is 8.33. The summed E-state index contributed by atoms with van der Waals surface area (Å²) in [4.78, 5) is 11.5. The lowest BCUT2D eigenvalue weighted by atomic mass is 10.0. The van der Waals surface area contributed by atoms with Gasteiger partial charge in [-0.25, -0.2) is 4.79 Å². The van der Waals surface area contributed by atoms with Gasteiger partial charge in [-0.05, 0) is 25.0 Å². The summed E-state index contributed by atoms with van der Waals surface area (Å²) >= 11 is 0. The molecular weight excluding hydrogens is 176 g/mol. The van der Waals surface area contributed by atoms with E-state index in [4.69, 9.17) is 4.42 Å². The lowest BCUT2D eigenvalue weighted by molar-refractivity contribution is 0.550. The van der Waals surface area contributed by atoms with Crippen LogP contribution in [0.3, 0.4) is 0 Å². The van der Waals surface area contributed by atoms with Crippen molar-refractivity contribution in [2.24, 2.45) is 0 Å². The third-order valence-corrected chi connectivity index (χ3v) is 2.55. The molecule has 0 saturated heterocycles. The molecule has 1 heterocycles. The fourth-order valence-electron chi connectivity index (χ4n) is 1.75. The highest BCUT2D eigenvalue weighted by atomic mass is 16.4. The maximum Gasteiger partial charge on any atom is 0.339 e. The Morgan fingerprint density at radius 2 is 2.00 bits per heavy atom. The van der Waals surface area contributed by atoms with Gasteiger partial charge >= 0.3 is 5.63 Å². The van der Waals surface area contributed by atoms with Gasteiger partial charge in [0.2, 0.25) is 0 Å². The van der Waals surface area contributed by atoms with Crippen LogP contribution < -0.4 is 5.63 Å². The highest BCUT2D eigenvalue weighted by Crippen LogP contribution is 2.18. The van der Waals surface area contributed by atoms with E-state index in [9.17, 15) is 4.79 Å². The van der Waals surface area contributed by atoms with E-state index in [-0.39, 0.29) is 5.63 Å². The molecule has 0 aliphatic carbocycles. The summed E-state index contributed by atoms with van der Waals surface area (Å²) in [7, 11) is 0. The number of rotatable bonds is 1. The summed E-state index contributed by atoms with van der Waals surface area (Å²) in [6, 6.07) is 7.63. The van der Waals surface area contributed by atoms with Crippen molar-refractivity contribution >= 4 is 11.0 Å². The number of hydrogen-bond donors (Lipinski definition) is 0. The second kappa shape index (κ2) is 3.29. The predicted molar refractivity (Wildman–Crippen MR) is 56.6 cm³/mol. The van der Waals surface area contributed by atoms with Crippen molar-refractivity contribution in [2.75, 3.05) is 0 Å². The van der Waals surface area contributed by atoms with Crippen LogP contribution in [0, 0.1) is 6.92 Å². The molecule has 0 radical (unpaired) electrons. The number of hydrogen-bond acceptors (Lipinski definition) is 2. The van der Waals surface area contributed by atoms with Gasteiger partial charge in [-0.3, -0.25) is 0 Å². The minimum absolute atomic E-state index is 0.205. The van der Waals surface area contributed by atoms with Crippen molar-refractivity contribution in [2.45, 2.75) is 20.3 Å². The monoisotopic (exact) mass is 188 g/mol. The Bertz CT molecular complexity index is 523.